The fraction of sp³-hybridized carbons (Fsp3) is 0.711. The van der Waals surface area contributed by atoms with Gasteiger partial charge in [-0.3, -0.25) is 77.1 Å². The number of primary amides is 1. The van der Waals surface area contributed by atoms with Gasteiger partial charge in [-0.2, -0.15) is 0 Å². The summed E-state index contributed by atoms with van der Waals surface area (Å²) in [7, 11) is 0. The van der Waals surface area contributed by atoms with Crippen molar-refractivity contribution < 1.29 is 67.1 Å². The number of para-hydroxylation sites is 1. The van der Waals surface area contributed by atoms with Crippen LogP contribution in [0.15, 0.2) is 40.4 Å². The fourth-order valence-electron chi connectivity index (χ4n) is 13.4. The number of rotatable bonds is 63. The number of carbonyl (C=O) groups is 14. The molecule has 0 saturated carbocycles. The lowest BCUT2D eigenvalue weighted by atomic mass is 9.96. The summed E-state index contributed by atoms with van der Waals surface area (Å²) in [5.74, 6) is -12.5. The highest BCUT2D eigenvalue weighted by molar-refractivity contribution is 6.00. The predicted molar refractivity (Wildman–Crippen MR) is 474 cm³/mol. The molecule has 696 valence electrons. The quantitative estimate of drug-likeness (QED) is 0.0188. The number of nitrogens with one attached hydrogen (secondary N) is 14. The number of H-pyrrole nitrogens is 1. The molecule has 0 aliphatic heterocycles. The fourth-order valence-corrected chi connectivity index (χ4v) is 13.4. The minimum atomic E-state index is -1.42. The molecule has 1 heterocycles. The maximum atomic E-state index is 15.0. The second-order valence-corrected chi connectivity index (χ2v) is 33.2. The van der Waals surface area contributed by atoms with Crippen LogP contribution in [0.4, 0.5) is 0 Å². The van der Waals surface area contributed by atoms with Gasteiger partial charge in [0.25, 0.3) is 0 Å². The lowest BCUT2D eigenvalue weighted by Gasteiger charge is -2.29. The van der Waals surface area contributed by atoms with Crippen LogP contribution in [0.3, 0.4) is 0 Å². The summed E-state index contributed by atoms with van der Waals surface area (Å²) in [4.78, 5) is 211. The maximum Gasteiger partial charge on any atom is 0.243 e. The highest BCUT2D eigenvalue weighted by Crippen LogP contribution is 2.22. The topological polar surface area (TPSA) is 696 Å². The molecule has 0 aliphatic carbocycles. The molecular formula is C83H150N26O14. The average Bonchev–Trinajstić information content (AvgIpc) is 1.72. The second-order valence-electron chi connectivity index (χ2n) is 33.2. The van der Waals surface area contributed by atoms with Gasteiger partial charge in [-0.25, -0.2) is 0 Å². The Balaban J connectivity index is 2.54. The van der Waals surface area contributed by atoms with E-state index in [1.165, 1.54) is 13.8 Å². The van der Waals surface area contributed by atoms with Gasteiger partial charge in [-0.05, 0) is 203 Å². The molecule has 14 amide bonds. The van der Waals surface area contributed by atoms with Gasteiger partial charge in [0.05, 0.1) is 6.04 Å². The number of aliphatic imine (C=N–C) groups is 2. The largest absolute Gasteiger partial charge is 0.370 e. The van der Waals surface area contributed by atoms with Crippen LogP contribution in [-0.4, -0.2) is 223 Å². The van der Waals surface area contributed by atoms with Crippen LogP contribution < -0.4 is 126 Å². The van der Waals surface area contributed by atoms with Crippen LogP contribution in [0.5, 0.6) is 0 Å². The van der Waals surface area contributed by atoms with Gasteiger partial charge in [-0.1, -0.05) is 100 Å². The molecule has 0 spiro atoms. The number of carbonyl (C=O) groups excluding carboxylic acids is 14. The third-order valence-corrected chi connectivity index (χ3v) is 21.1. The van der Waals surface area contributed by atoms with Crippen LogP contribution >= 0.6 is 0 Å². The molecule has 2 aromatic rings. The van der Waals surface area contributed by atoms with Crippen LogP contribution in [0.1, 0.15) is 223 Å². The SMILES string of the molecule is CC[C@H](C)[C@H](N)C(=O)N[C@@H](CCCCN)C(=O)N[C@@H](Cc1c[nH]c2ccccc12)C(=O)N[C@@H](CCCCN)C(=O)N[C@@H](CCCCN)C(=O)N[C@@H](CC(C)C)C(=O)N[C@@H](CC(C)C)C(=O)N[C@@H](CCCN=C(N)N)C(=O)N[C@@H](C)C(=O)N[C@@H](C)C(=O)N[C@@H](CCCCN)C(=O)N[C@@H](CCCN=C(N)N)C(=O)N[C@H](C(=O)N[C@@H](CC(C)C)C(N)=O)[C@@H](C)CC. The van der Waals surface area contributed by atoms with Crippen LogP contribution in [0.25, 0.3) is 10.9 Å². The minimum Gasteiger partial charge on any atom is -0.370 e. The van der Waals surface area contributed by atoms with E-state index in [0.717, 1.165) is 10.9 Å². The van der Waals surface area contributed by atoms with Crippen molar-refractivity contribution in [3.8, 4) is 0 Å². The molecule has 123 heavy (non-hydrogen) atoms. The summed E-state index contributed by atoms with van der Waals surface area (Å²) in [5.41, 5.74) is 59.3. The third kappa shape index (κ3) is 41.6. The molecule has 34 N–H and O–H groups in total. The second kappa shape index (κ2) is 58.7. The number of aromatic nitrogens is 1. The average molecular weight is 1740 g/mol. The molecule has 0 radical (unpaired) electrons. The monoisotopic (exact) mass is 1740 g/mol. The van der Waals surface area contributed by atoms with Crippen molar-refractivity contribution in [1.29, 1.82) is 0 Å². The zero-order valence-corrected chi connectivity index (χ0v) is 74.5. The summed E-state index contributed by atoms with van der Waals surface area (Å²) in [6.07, 6.45) is 6.55. The van der Waals surface area contributed by atoms with Crippen molar-refractivity contribution >= 4 is 106 Å². The Hall–Kier alpha value is -10.3. The number of amides is 14. The number of aromatic amines is 1. The first kappa shape index (κ1) is 109. The van der Waals surface area contributed by atoms with Crippen LogP contribution in [0, 0.1) is 29.6 Å². The Bertz CT molecular complexity index is 3720. The molecule has 40 nitrogen and oxygen atoms in total. The standard InChI is InChI=1S/C83H150N26O14/c1-13-49(9)66(88)80(122)104-59(32-20-24-38-87)75(117)108-65(44-53-45-96-55-28-16-15-27-54(53)55)79(121)102-57(30-18-22-36-85)73(115)100-58(31-19-23-37-86)74(116)106-64(43-48(7)8)78(120)107-63(42-47(5)6)77(119)103-60(33-25-39-94-82(90)91)71(113)98-51(11)69(111)97-52(12)70(112)99-56(29-17-21-35-84)72(114)101-61(34-26-40-95-83(92)93)76(118)109-67(50(10)14-2)81(123)105-62(68(89)110)41-46(3)4/h15-16,27-28,45-52,56-67,96H,13-14,17-26,29-44,84-88H2,1-12H3,(H2,89,110)(H,97,111)(H,98,113)(H,99,112)(H,100,115)(H,101,114)(H,102,121)(H,103,119)(H,104,122)(H,105,123)(H,106,116)(H,107,120)(H,108,117)(H,109,118)(H4,90,91,94)(H4,92,93,95)/t49-,50-,51-,52-,56-,57-,58-,59-,60-,61-,62-,63-,64-,65-,66-,67-/m0/s1. The highest BCUT2D eigenvalue weighted by Gasteiger charge is 2.39. The summed E-state index contributed by atoms with van der Waals surface area (Å²) in [6.45, 7) is 21.9. The normalized spacial score (nSPS) is 15.3. The number of hydrogen-bond acceptors (Lipinski definition) is 21. The summed E-state index contributed by atoms with van der Waals surface area (Å²) in [6, 6.07) is -10.4. The van der Waals surface area contributed by atoms with Gasteiger partial charge in [-0.15, -0.1) is 0 Å². The van der Waals surface area contributed by atoms with Gasteiger partial charge >= 0.3 is 0 Å². The van der Waals surface area contributed by atoms with Gasteiger partial charge in [0.15, 0.2) is 11.9 Å². The van der Waals surface area contributed by atoms with Gasteiger partial charge in [0.2, 0.25) is 82.7 Å². The molecule has 2 rings (SSSR count). The molecule has 0 bridgehead atoms. The van der Waals surface area contributed by atoms with E-state index >= 15 is 0 Å². The lowest BCUT2D eigenvalue weighted by Crippen LogP contribution is -2.61. The highest BCUT2D eigenvalue weighted by atomic mass is 16.2. The van der Waals surface area contributed by atoms with Gasteiger partial charge < -0.3 is 131 Å². The summed E-state index contributed by atoms with van der Waals surface area (Å²) >= 11 is 0. The van der Waals surface area contributed by atoms with Crippen molar-refractivity contribution in [3.63, 3.8) is 0 Å². The molecule has 1 aromatic carbocycles. The van der Waals surface area contributed by atoms with E-state index in [1.807, 2.05) is 52.0 Å². The number of benzene rings is 1. The molecule has 0 fully saturated rings. The van der Waals surface area contributed by atoms with E-state index < -0.39 is 173 Å². The van der Waals surface area contributed by atoms with E-state index in [1.54, 1.807) is 47.7 Å². The number of guanidine groups is 2. The van der Waals surface area contributed by atoms with E-state index in [9.17, 15) is 67.1 Å². The maximum absolute atomic E-state index is 15.0. The molecule has 16 atom stereocenters. The van der Waals surface area contributed by atoms with Gasteiger partial charge in [0.1, 0.15) is 78.5 Å². The predicted octanol–water partition coefficient (Wildman–Crippen LogP) is -2.28. The molecule has 1 aromatic heterocycles. The molecule has 40 heteroatoms. The Morgan fingerprint density at radius 2 is 0.642 bits per heavy atom. The number of nitrogens with zero attached hydrogens (tertiary/aromatic N) is 2. The first-order valence-corrected chi connectivity index (χ1v) is 43.6. The zero-order valence-electron chi connectivity index (χ0n) is 74.5. The molecule has 0 saturated heterocycles. The number of hydrogen-bond donors (Lipinski definition) is 24. The van der Waals surface area contributed by atoms with Crippen molar-refractivity contribution in [2.24, 2.45) is 96.9 Å². The Labute approximate surface area is 724 Å². The van der Waals surface area contributed by atoms with Gasteiger partial charge in [0, 0.05) is 36.6 Å². The first-order valence-electron chi connectivity index (χ1n) is 43.6. The van der Waals surface area contributed by atoms with Crippen molar-refractivity contribution in [2.45, 2.75) is 309 Å². The van der Waals surface area contributed by atoms with E-state index in [0.29, 0.717) is 76.3 Å². The Kier molecular flexibility index (Phi) is 51.9. The van der Waals surface area contributed by atoms with Crippen molar-refractivity contribution in [2.75, 3.05) is 39.3 Å². The Morgan fingerprint density at radius 1 is 0.341 bits per heavy atom. The van der Waals surface area contributed by atoms with Crippen LogP contribution in [-0.2, 0) is 73.5 Å². The van der Waals surface area contributed by atoms with E-state index in [2.05, 4.69) is 84.1 Å². The third-order valence-electron chi connectivity index (χ3n) is 21.1. The number of fused-ring (bicyclic) bond motifs is 1. The van der Waals surface area contributed by atoms with Crippen molar-refractivity contribution in [1.82, 2.24) is 74.1 Å². The molecule has 0 unspecified atom stereocenters. The minimum absolute atomic E-state index is 0.00116. The lowest BCUT2D eigenvalue weighted by molar-refractivity contribution is -0.136. The molecule has 0 aliphatic rings. The smallest absolute Gasteiger partial charge is 0.243 e. The van der Waals surface area contributed by atoms with E-state index in [4.69, 9.17) is 57.3 Å². The number of unbranched alkanes of at least 4 members (excludes halogenated alkanes) is 4. The van der Waals surface area contributed by atoms with Crippen molar-refractivity contribution in [3.05, 3.63) is 36.0 Å². The summed E-state index contributed by atoms with van der Waals surface area (Å²) in [5, 5.41) is 36.3. The number of nitrogens with two attached hydrogens (primary N) is 10. The first-order chi connectivity index (χ1) is 58.2. The van der Waals surface area contributed by atoms with E-state index in [-0.39, 0.29) is 145 Å². The Morgan fingerprint density at radius 3 is 1.02 bits per heavy atom. The molecular weight excluding hydrogens is 1590 g/mol. The summed E-state index contributed by atoms with van der Waals surface area (Å²) < 4.78 is 0. The van der Waals surface area contributed by atoms with Crippen LogP contribution in [0.2, 0.25) is 0 Å². The zero-order chi connectivity index (χ0) is 92.6.